The Morgan fingerprint density at radius 3 is 2.61 bits per heavy atom. The third kappa shape index (κ3) is 3.75. The third-order valence-electron chi connectivity index (χ3n) is 5.17. The van der Waals surface area contributed by atoms with Crippen molar-refractivity contribution in [3.05, 3.63) is 50.9 Å². The number of fused-ring (bicyclic) bond motifs is 2. The SMILES string of the molecule is CSc1ncc2cc(N3CCN(C(=O)C(F)(F)F)c4c3cccc4[N+](=O)[O-])c(=O)n(C)c2n1. The van der Waals surface area contributed by atoms with Crippen LogP contribution in [0.15, 0.2) is 40.4 Å². The van der Waals surface area contributed by atoms with E-state index in [1.807, 2.05) is 0 Å². The van der Waals surface area contributed by atoms with Crippen LogP contribution in [0.1, 0.15) is 0 Å². The lowest BCUT2D eigenvalue weighted by molar-refractivity contribution is -0.384. The molecule has 3 heterocycles. The van der Waals surface area contributed by atoms with E-state index in [0.717, 1.165) is 6.07 Å². The first-order chi connectivity index (χ1) is 15.5. The highest BCUT2D eigenvalue weighted by molar-refractivity contribution is 7.98. The molecule has 0 radical (unpaired) electrons. The molecule has 0 N–H and O–H groups in total. The van der Waals surface area contributed by atoms with Gasteiger partial charge in [-0.05, 0) is 18.4 Å². The zero-order chi connectivity index (χ0) is 24.1. The summed E-state index contributed by atoms with van der Waals surface area (Å²) in [7, 11) is 1.49. The molecular formula is C19H15F3N6O4S. The van der Waals surface area contributed by atoms with Crippen molar-refractivity contribution in [3.63, 3.8) is 0 Å². The minimum Gasteiger partial charge on any atom is -0.333 e. The second-order valence-electron chi connectivity index (χ2n) is 7.04. The van der Waals surface area contributed by atoms with Crippen LogP contribution in [-0.2, 0) is 11.8 Å². The highest BCUT2D eigenvalue weighted by atomic mass is 32.2. The van der Waals surface area contributed by atoms with Crippen molar-refractivity contribution in [2.75, 3.05) is 29.1 Å². The number of nitro benzene ring substituents is 1. The lowest BCUT2D eigenvalue weighted by Crippen LogP contribution is -2.49. The maximum absolute atomic E-state index is 13.2. The Morgan fingerprint density at radius 2 is 1.97 bits per heavy atom. The number of thioether (sulfide) groups is 1. The van der Waals surface area contributed by atoms with Gasteiger partial charge in [0.2, 0.25) is 0 Å². The number of para-hydroxylation sites is 1. The minimum absolute atomic E-state index is 0.0614. The number of hydrogen-bond acceptors (Lipinski definition) is 8. The molecule has 4 rings (SSSR count). The molecule has 1 aliphatic heterocycles. The van der Waals surface area contributed by atoms with Gasteiger partial charge >= 0.3 is 12.1 Å². The zero-order valence-electron chi connectivity index (χ0n) is 17.2. The van der Waals surface area contributed by atoms with E-state index in [0.29, 0.717) is 21.1 Å². The number of hydrogen-bond donors (Lipinski definition) is 0. The van der Waals surface area contributed by atoms with Crippen LogP contribution in [0, 0.1) is 10.1 Å². The first kappa shape index (κ1) is 22.5. The number of nitro groups is 1. The lowest BCUT2D eigenvalue weighted by Gasteiger charge is -2.37. The predicted octanol–water partition coefficient (Wildman–Crippen LogP) is 3.01. The van der Waals surface area contributed by atoms with E-state index in [1.165, 1.54) is 52.7 Å². The number of anilines is 3. The molecule has 0 fully saturated rings. The largest absolute Gasteiger partial charge is 0.471 e. The Bertz CT molecular complexity index is 1360. The van der Waals surface area contributed by atoms with Crippen molar-refractivity contribution in [1.29, 1.82) is 0 Å². The predicted molar refractivity (Wildman–Crippen MR) is 115 cm³/mol. The molecule has 2 aromatic heterocycles. The molecule has 0 saturated heterocycles. The molecule has 1 aromatic carbocycles. The average molecular weight is 480 g/mol. The standard InChI is InChI=1S/C19H15F3N6O4S/c1-25-15-10(9-23-18(24-15)33-2)8-13(16(25)29)26-6-7-27(17(30)19(20,21)22)14-11(26)4-3-5-12(14)28(31)32/h3-5,8-9H,6-7H2,1-2H3. The normalized spacial score (nSPS) is 13.8. The van der Waals surface area contributed by atoms with Gasteiger partial charge in [-0.2, -0.15) is 13.2 Å². The second-order valence-corrected chi connectivity index (χ2v) is 7.81. The number of pyridine rings is 1. The summed E-state index contributed by atoms with van der Waals surface area (Å²) in [5.74, 6) is -2.22. The van der Waals surface area contributed by atoms with Crippen molar-refractivity contribution < 1.29 is 22.9 Å². The number of carbonyl (C=O) groups excluding carboxylic acids is 1. The number of amides is 1. The number of rotatable bonds is 3. The molecule has 0 aliphatic carbocycles. The zero-order valence-corrected chi connectivity index (χ0v) is 18.0. The van der Waals surface area contributed by atoms with E-state index >= 15 is 0 Å². The fourth-order valence-electron chi connectivity index (χ4n) is 3.71. The summed E-state index contributed by atoms with van der Waals surface area (Å²) in [5.41, 5.74) is -1.36. The van der Waals surface area contributed by atoms with Gasteiger partial charge < -0.3 is 4.90 Å². The summed E-state index contributed by atoms with van der Waals surface area (Å²) >= 11 is 1.29. The summed E-state index contributed by atoms with van der Waals surface area (Å²) in [4.78, 5) is 46.1. The Labute approximate surface area is 187 Å². The van der Waals surface area contributed by atoms with E-state index in [1.54, 1.807) is 6.26 Å². The van der Waals surface area contributed by atoms with Crippen LogP contribution >= 0.6 is 11.8 Å². The second kappa shape index (κ2) is 8.03. The van der Waals surface area contributed by atoms with Crippen molar-refractivity contribution >= 4 is 51.5 Å². The van der Waals surface area contributed by atoms with E-state index in [2.05, 4.69) is 9.97 Å². The minimum atomic E-state index is -5.23. The van der Waals surface area contributed by atoms with Crippen LogP contribution in [-0.4, -0.2) is 50.9 Å². The van der Waals surface area contributed by atoms with E-state index in [4.69, 9.17) is 0 Å². The Balaban J connectivity index is 1.94. The molecule has 0 bridgehead atoms. The maximum Gasteiger partial charge on any atom is 0.471 e. The van der Waals surface area contributed by atoms with E-state index < -0.39 is 40.5 Å². The Kier molecular flexibility index (Phi) is 5.47. The molecule has 0 atom stereocenters. The van der Waals surface area contributed by atoms with Crippen molar-refractivity contribution in [1.82, 2.24) is 14.5 Å². The molecule has 1 amide bonds. The molecule has 14 heteroatoms. The highest BCUT2D eigenvalue weighted by Crippen LogP contribution is 2.44. The van der Waals surface area contributed by atoms with Gasteiger partial charge in [0.05, 0.1) is 10.6 Å². The lowest BCUT2D eigenvalue weighted by atomic mass is 10.1. The number of benzene rings is 1. The van der Waals surface area contributed by atoms with Crippen molar-refractivity contribution in [2.45, 2.75) is 11.3 Å². The third-order valence-corrected chi connectivity index (χ3v) is 5.73. The number of aryl methyl sites for hydroxylation is 1. The smallest absolute Gasteiger partial charge is 0.333 e. The number of carbonyl (C=O) groups is 1. The molecule has 172 valence electrons. The van der Waals surface area contributed by atoms with Crippen molar-refractivity contribution in [3.8, 4) is 0 Å². The summed E-state index contributed by atoms with van der Waals surface area (Å²) < 4.78 is 40.8. The van der Waals surface area contributed by atoms with Crippen molar-refractivity contribution in [2.24, 2.45) is 7.05 Å². The molecule has 0 unspecified atom stereocenters. The van der Waals surface area contributed by atoms with E-state index in [-0.39, 0.29) is 17.9 Å². The average Bonchev–Trinajstić information content (AvgIpc) is 2.79. The number of nitrogens with zero attached hydrogens (tertiary/aromatic N) is 6. The fourth-order valence-corrected chi connectivity index (χ4v) is 4.04. The molecule has 0 spiro atoms. The van der Waals surface area contributed by atoms with Crippen LogP contribution in [0.4, 0.5) is 35.9 Å². The van der Waals surface area contributed by atoms with Gasteiger partial charge in [0.1, 0.15) is 17.0 Å². The van der Waals surface area contributed by atoms with Crippen LogP contribution in [0.3, 0.4) is 0 Å². The topological polar surface area (TPSA) is 114 Å². The summed E-state index contributed by atoms with van der Waals surface area (Å²) in [5, 5.41) is 12.5. The van der Waals surface area contributed by atoms with Gasteiger partial charge in [0.25, 0.3) is 11.2 Å². The molecule has 33 heavy (non-hydrogen) atoms. The van der Waals surface area contributed by atoms with E-state index in [9.17, 15) is 32.9 Å². The van der Waals surface area contributed by atoms with Gasteiger partial charge in [0, 0.05) is 37.8 Å². The quantitative estimate of drug-likeness (QED) is 0.243. The van der Waals surface area contributed by atoms with Gasteiger partial charge in [-0.3, -0.25) is 29.2 Å². The van der Waals surface area contributed by atoms with Gasteiger partial charge in [-0.15, -0.1) is 0 Å². The van der Waals surface area contributed by atoms with Crippen LogP contribution < -0.4 is 15.4 Å². The molecule has 3 aromatic rings. The summed E-state index contributed by atoms with van der Waals surface area (Å²) in [6.45, 7) is -0.709. The van der Waals surface area contributed by atoms with Crippen LogP contribution in [0.25, 0.3) is 11.0 Å². The monoisotopic (exact) mass is 480 g/mol. The molecular weight excluding hydrogens is 465 g/mol. The molecule has 1 aliphatic rings. The summed E-state index contributed by atoms with van der Waals surface area (Å²) in [6.07, 6.45) is -1.94. The van der Waals surface area contributed by atoms with Gasteiger partial charge in [-0.1, -0.05) is 17.8 Å². The summed E-state index contributed by atoms with van der Waals surface area (Å²) in [6, 6.07) is 5.10. The van der Waals surface area contributed by atoms with Crippen LogP contribution in [0.2, 0.25) is 0 Å². The number of aromatic nitrogens is 3. The number of halogens is 3. The highest BCUT2D eigenvalue weighted by Gasteiger charge is 2.47. The first-order valence-corrected chi connectivity index (χ1v) is 10.6. The first-order valence-electron chi connectivity index (χ1n) is 9.39. The number of alkyl halides is 3. The molecule has 0 saturated carbocycles. The van der Waals surface area contributed by atoms with Gasteiger partial charge in [-0.25, -0.2) is 9.97 Å². The van der Waals surface area contributed by atoms with Crippen LogP contribution in [0.5, 0.6) is 0 Å². The fraction of sp³-hybridized carbons (Fsp3) is 0.263. The molecule has 10 nitrogen and oxygen atoms in total. The Hall–Kier alpha value is -3.68. The Morgan fingerprint density at radius 1 is 1.24 bits per heavy atom. The van der Waals surface area contributed by atoms with Gasteiger partial charge in [0.15, 0.2) is 5.16 Å². The maximum atomic E-state index is 13.2.